The van der Waals surface area contributed by atoms with Crippen molar-refractivity contribution in [2.75, 3.05) is 19.6 Å². The molecule has 1 heterocycles. The predicted molar refractivity (Wildman–Crippen MR) is 69.7 cm³/mol. The maximum atomic E-state index is 3.78. The molecule has 1 unspecified atom stereocenters. The zero-order valence-corrected chi connectivity index (χ0v) is 10.6. The Morgan fingerprint density at radius 3 is 2.19 bits per heavy atom. The third-order valence-electron chi connectivity index (χ3n) is 4.30. The minimum absolute atomic E-state index is 0.820. The molecule has 0 amide bonds. The second-order valence-corrected chi connectivity index (χ2v) is 5.56. The van der Waals surface area contributed by atoms with Gasteiger partial charge in [-0.2, -0.15) is 0 Å². The zero-order valence-electron chi connectivity index (χ0n) is 10.6. The first-order chi connectivity index (χ1) is 7.97. The van der Waals surface area contributed by atoms with E-state index in [4.69, 9.17) is 0 Å². The van der Waals surface area contributed by atoms with Crippen LogP contribution in [0.25, 0.3) is 0 Å². The summed E-state index contributed by atoms with van der Waals surface area (Å²) in [6.07, 6.45) is 13.1. The van der Waals surface area contributed by atoms with Crippen molar-refractivity contribution >= 4 is 0 Å². The van der Waals surface area contributed by atoms with Gasteiger partial charge in [-0.15, -0.1) is 0 Å². The highest BCUT2D eigenvalue weighted by Gasteiger charge is 2.21. The molecule has 2 nitrogen and oxygen atoms in total. The van der Waals surface area contributed by atoms with Gasteiger partial charge in [-0.1, -0.05) is 32.1 Å². The first kappa shape index (κ1) is 12.4. The molecule has 2 N–H and O–H groups in total. The lowest BCUT2D eigenvalue weighted by atomic mass is 9.84. The highest BCUT2D eigenvalue weighted by molar-refractivity contribution is 4.79. The van der Waals surface area contributed by atoms with Gasteiger partial charge >= 0.3 is 0 Å². The maximum Gasteiger partial charge on any atom is 0.00963 e. The molecular weight excluding hydrogens is 196 g/mol. The first-order valence-electron chi connectivity index (χ1n) is 7.41. The number of rotatable bonds is 1. The van der Waals surface area contributed by atoms with Crippen molar-refractivity contribution in [3.05, 3.63) is 0 Å². The van der Waals surface area contributed by atoms with E-state index < -0.39 is 0 Å². The van der Waals surface area contributed by atoms with Gasteiger partial charge < -0.3 is 10.6 Å². The van der Waals surface area contributed by atoms with Crippen molar-refractivity contribution in [1.82, 2.24) is 10.6 Å². The zero-order chi connectivity index (χ0) is 11.1. The summed E-state index contributed by atoms with van der Waals surface area (Å²) in [6.45, 7) is 3.55. The van der Waals surface area contributed by atoms with Gasteiger partial charge in [0, 0.05) is 19.1 Å². The van der Waals surface area contributed by atoms with Crippen LogP contribution in [0.2, 0.25) is 0 Å². The van der Waals surface area contributed by atoms with E-state index >= 15 is 0 Å². The second-order valence-electron chi connectivity index (χ2n) is 5.56. The van der Waals surface area contributed by atoms with E-state index in [0.29, 0.717) is 0 Å². The molecule has 1 saturated heterocycles. The Labute approximate surface area is 101 Å². The summed E-state index contributed by atoms with van der Waals surface area (Å²) in [5.41, 5.74) is 0. The normalized spacial score (nSPS) is 31.1. The Bertz CT molecular complexity index is 146. The molecule has 1 aliphatic carbocycles. The van der Waals surface area contributed by atoms with Crippen LogP contribution < -0.4 is 10.6 Å². The van der Waals surface area contributed by atoms with Gasteiger partial charge in [-0.05, 0) is 38.1 Å². The van der Waals surface area contributed by atoms with Gasteiger partial charge in [0.1, 0.15) is 0 Å². The SMILES string of the molecule is C1CCCC(C2CCCNCCN2)CCC1. The summed E-state index contributed by atoms with van der Waals surface area (Å²) >= 11 is 0. The maximum absolute atomic E-state index is 3.78. The third-order valence-corrected chi connectivity index (χ3v) is 4.30. The topological polar surface area (TPSA) is 24.1 Å². The fourth-order valence-corrected chi connectivity index (χ4v) is 3.31. The van der Waals surface area contributed by atoms with Gasteiger partial charge in [-0.25, -0.2) is 0 Å². The van der Waals surface area contributed by atoms with Crippen LogP contribution in [0, 0.1) is 5.92 Å². The highest BCUT2D eigenvalue weighted by atomic mass is 15.0. The van der Waals surface area contributed by atoms with Crippen molar-refractivity contribution in [3.8, 4) is 0 Å². The summed E-state index contributed by atoms with van der Waals surface area (Å²) in [4.78, 5) is 0. The van der Waals surface area contributed by atoms with Crippen molar-refractivity contribution in [3.63, 3.8) is 0 Å². The monoisotopic (exact) mass is 224 g/mol. The quantitative estimate of drug-likeness (QED) is 0.715. The van der Waals surface area contributed by atoms with Crippen LogP contribution in [0.15, 0.2) is 0 Å². The number of hydrogen-bond acceptors (Lipinski definition) is 2. The van der Waals surface area contributed by atoms with Gasteiger partial charge in [0.25, 0.3) is 0 Å². The van der Waals surface area contributed by atoms with E-state index in [1.807, 2.05) is 0 Å². The molecule has 0 spiro atoms. The van der Waals surface area contributed by atoms with E-state index in [-0.39, 0.29) is 0 Å². The minimum Gasteiger partial charge on any atom is -0.315 e. The summed E-state index contributed by atoms with van der Waals surface area (Å²) in [5.74, 6) is 0.971. The van der Waals surface area contributed by atoms with Crippen molar-refractivity contribution in [1.29, 1.82) is 0 Å². The van der Waals surface area contributed by atoms with Crippen LogP contribution in [0.4, 0.5) is 0 Å². The van der Waals surface area contributed by atoms with Gasteiger partial charge in [0.05, 0.1) is 0 Å². The number of hydrogen-bond donors (Lipinski definition) is 2. The van der Waals surface area contributed by atoms with E-state index in [1.54, 1.807) is 0 Å². The first-order valence-corrected chi connectivity index (χ1v) is 7.41. The summed E-state index contributed by atoms with van der Waals surface area (Å²) in [5, 5.41) is 7.25. The molecule has 1 saturated carbocycles. The Balaban J connectivity index is 1.81. The molecule has 1 aliphatic heterocycles. The van der Waals surface area contributed by atoms with Gasteiger partial charge in [0.15, 0.2) is 0 Å². The van der Waals surface area contributed by atoms with Crippen LogP contribution in [0.3, 0.4) is 0 Å². The van der Waals surface area contributed by atoms with Gasteiger partial charge in [0.2, 0.25) is 0 Å². The van der Waals surface area contributed by atoms with E-state index in [1.165, 1.54) is 70.9 Å². The molecule has 2 rings (SSSR count). The molecule has 2 heteroatoms. The number of nitrogens with one attached hydrogen (secondary N) is 2. The Hall–Kier alpha value is -0.0800. The fourth-order valence-electron chi connectivity index (χ4n) is 3.31. The van der Waals surface area contributed by atoms with Crippen LogP contribution in [-0.4, -0.2) is 25.7 Å². The Kier molecular flexibility index (Phi) is 5.64. The average Bonchev–Trinajstić information content (AvgIpc) is 2.18. The minimum atomic E-state index is 0.820. The summed E-state index contributed by atoms with van der Waals surface area (Å²) in [7, 11) is 0. The lowest BCUT2D eigenvalue weighted by Crippen LogP contribution is -2.43. The average molecular weight is 224 g/mol. The van der Waals surface area contributed by atoms with Crippen LogP contribution in [-0.2, 0) is 0 Å². The molecule has 0 aromatic heterocycles. The molecular formula is C14H28N2. The van der Waals surface area contributed by atoms with Gasteiger partial charge in [-0.3, -0.25) is 0 Å². The third kappa shape index (κ3) is 4.06. The van der Waals surface area contributed by atoms with E-state index in [9.17, 15) is 0 Å². The van der Waals surface area contributed by atoms with Crippen molar-refractivity contribution < 1.29 is 0 Å². The molecule has 0 bridgehead atoms. The Morgan fingerprint density at radius 2 is 1.38 bits per heavy atom. The lowest BCUT2D eigenvalue weighted by molar-refractivity contribution is 0.262. The molecule has 2 fully saturated rings. The molecule has 0 radical (unpaired) electrons. The smallest absolute Gasteiger partial charge is 0.00963 e. The highest BCUT2D eigenvalue weighted by Crippen LogP contribution is 2.26. The van der Waals surface area contributed by atoms with Crippen LogP contribution in [0.5, 0.6) is 0 Å². The standard InChI is InChI=1S/C14H28N2/c1-2-4-7-13(8-5-3-1)14-9-6-10-15-11-12-16-14/h13-16H,1-12H2. The Morgan fingerprint density at radius 1 is 0.625 bits per heavy atom. The second kappa shape index (κ2) is 7.29. The molecule has 94 valence electrons. The van der Waals surface area contributed by atoms with Crippen molar-refractivity contribution in [2.24, 2.45) is 5.92 Å². The molecule has 1 atom stereocenters. The molecule has 16 heavy (non-hydrogen) atoms. The van der Waals surface area contributed by atoms with E-state index in [0.717, 1.165) is 18.5 Å². The van der Waals surface area contributed by atoms with Crippen molar-refractivity contribution in [2.45, 2.75) is 63.8 Å². The predicted octanol–water partition coefficient (Wildman–Crippen LogP) is 2.69. The molecule has 0 aromatic carbocycles. The van der Waals surface area contributed by atoms with Crippen LogP contribution >= 0.6 is 0 Å². The largest absolute Gasteiger partial charge is 0.315 e. The van der Waals surface area contributed by atoms with E-state index in [2.05, 4.69) is 10.6 Å². The molecule has 0 aromatic rings. The van der Waals surface area contributed by atoms with Crippen LogP contribution in [0.1, 0.15) is 57.8 Å². The summed E-state index contributed by atoms with van der Waals surface area (Å²) < 4.78 is 0. The molecule has 2 aliphatic rings. The fraction of sp³-hybridized carbons (Fsp3) is 1.00. The summed E-state index contributed by atoms with van der Waals surface area (Å²) in [6, 6.07) is 0.820. The lowest BCUT2D eigenvalue weighted by Gasteiger charge is -2.31.